The second kappa shape index (κ2) is 9.12. The van der Waals surface area contributed by atoms with Crippen molar-refractivity contribution >= 4 is 7.60 Å². The molecule has 0 amide bonds. The minimum absolute atomic E-state index is 0.139. The average Bonchev–Trinajstić information content (AvgIpc) is 1.85. The predicted molar refractivity (Wildman–Crippen MR) is 45.0 cm³/mol. The fourth-order valence-corrected chi connectivity index (χ4v) is 0.283. The van der Waals surface area contributed by atoms with Crippen LogP contribution in [-0.4, -0.2) is 53.0 Å². The van der Waals surface area contributed by atoms with Gasteiger partial charge in [-0.2, -0.15) is 0 Å². The molecule has 0 aromatic heterocycles. The molecule has 0 radical (unpaired) electrons. The van der Waals surface area contributed by atoms with E-state index in [1.54, 1.807) is 0 Å². The molecule has 12 heavy (non-hydrogen) atoms. The molecule has 0 aliphatic heterocycles. The molecule has 5 N–H and O–H groups in total. The van der Waals surface area contributed by atoms with E-state index < -0.39 is 7.60 Å². The molecule has 0 fully saturated rings. The van der Waals surface area contributed by atoms with Crippen molar-refractivity contribution in [3.05, 3.63) is 0 Å². The largest absolute Gasteiger partial charge is 0.395 e. The average molecular weight is 201 g/mol. The Morgan fingerprint density at radius 1 is 1.17 bits per heavy atom. The lowest BCUT2D eigenvalue weighted by molar-refractivity contribution is 0.266. The molecular weight excluding hydrogens is 185 g/mol. The van der Waals surface area contributed by atoms with Gasteiger partial charge < -0.3 is 25.3 Å². The maximum Gasteiger partial charge on any atom is 0.322 e. The van der Waals surface area contributed by atoms with Crippen LogP contribution in [0.15, 0.2) is 0 Å². The van der Waals surface area contributed by atoms with Gasteiger partial charge in [0.25, 0.3) is 0 Å². The lowest BCUT2D eigenvalue weighted by Crippen LogP contribution is -2.21. The summed E-state index contributed by atoms with van der Waals surface area (Å²) in [5, 5.41) is 19.1. The van der Waals surface area contributed by atoms with Gasteiger partial charge in [0.2, 0.25) is 0 Å². The third-order valence-electron chi connectivity index (χ3n) is 0.577. The van der Waals surface area contributed by atoms with Gasteiger partial charge in [-0.05, 0) is 0 Å². The van der Waals surface area contributed by atoms with Gasteiger partial charge in [-0.25, -0.2) is 0 Å². The van der Waals surface area contributed by atoms with Crippen molar-refractivity contribution < 1.29 is 24.6 Å². The van der Waals surface area contributed by atoms with Gasteiger partial charge >= 0.3 is 7.60 Å². The summed E-state index contributed by atoms with van der Waals surface area (Å²) in [6.07, 6.45) is 0. The van der Waals surface area contributed by atoms with Crippen molar-refractivity contribution in [3.63, 3.8) is 0 Å². The number of nitrogens with one attached hydrogen (secondary N) is 1. The number of rotatable bonds is 4. The van der Waals surface area contributed by atoms with Crippen molar-refractivity contribution in [2.75, 3.05) is 33.0 Å². The number of aliphatic hydroxyl groups is 2. The van der Waals surface area contributed by atoms with Crippen molar-refractivity contribution in [3.8, 4) is 0 Å². The number of aliphatic hydroxyl groups excluding tert-OH is 2. The Morgan fingerprint density at radius 3 is 1.58 bits per heavy atom. The van der Waals surface area contributed by atoms with Gasteiger partial charge in [0, 0.05) is 19.8 Å². The Bertz CT molecular complexity index is 113. The van der Waals surface area contributed by atoms with Crippen LogP contribution >= 0.6 is 7.60 Å². The van der Waals surface area contributed by atoms with Crippen molar-refractivity contribution in [2.45, 2.75) is 0 Å². The third-order valence-corrected chi connectivity index (χ3v) is 0.577. The molecule has 0 aliphatic rings. The summed E-state index contributed by atoms with van der Waals surface area (Å²) in [7, 11) is -3.64. The maximum atomic E-state index is 9.33. The van der Waals surface area contributed by atoms with Crippen LogP contribution in [0.1, 0.15) is 0 Å². The monoisotopic (exact) mass is 201 g/mol. The SMILES string of the molecule is CP(=O)(O)O.OCCNCCO. The minimum Gasteiger partial charge on any atom is -0.395 e. The molecule has 0 spiro atoms. The Morgan fingerprint density at radius 2 is 1.42 bits per heavy atom. The van der Waals surface area contributed by atoms with E-state index >= 15 is 0 Å². The highest BCUT2D eigenvalue weighted by molar-refractivity contribution is 7.50. The van der Waals surface area contributed by atoms with E-state index in [0.717, 1.165) is 6.66 Å². The zero-order valence-electron chi connectivity index (χ0n) is 6.97. The maximum absolute atomic E-state index is 9.33. The summed E-state index contributed by atoms with van der Waals surface area (Å²) >= 11 is 0. The van der Waals surface area contributed by atoms with Gasteiger partial charge in [0.05, 0.1) is 13.2 Å². The normalized spacial score (nSPS) is 10.4. The Labute approximate surface area is 71.4 Å². The quantitative estimate of drug-likeness (QED) is 0.275. The highest BCUT2D eigenvalue weighted by atomic mass is 31.2. The first-order valence-electron chi connectivity index (χ1n) is 3.37. The first-order valence-corrected chi connectivity index (χ1v) is 5.43. The lowest BCUT2D eigenvalue weighted by atomic mass is 10.6. The van der Waals surface area contributed by atoms with Crippen LogP contribution in [0, 0.1) is 0 Å². The highest BCUT2D eigenvalue weighted by Gasteiger charge is 1.95. The van der Waals surface area contributed by atoms with Gasteiger partial charge in [-0.3, -0.25) is 4.57 Å². The number of hydrogen-bond donors (Lipinski definition) is 5. The molecule has 0 atom stereocenters. The Hall–Kier alpha value is 0.0300. The second-order valence-electron chi connectivity index (χ2n) is 2.03. The molecular formula is C5H16NO5P. The summed E-state index contributed by atoms with van der Waals surface area (Å²) in [6.45, 7) is 2.27. The zero-order valence-corrected chi connectivity index (χ0v) is 7.87. The number of hydrogen-bond acceptors (Lipinski definition) is 4. The van der Waals surface area contributed by atoms with E-state index in [4.69, 9.17) is 20.0 Å². The molecule has 0 saturated heterocycles. The molecule has 76 valence electrons. The molecule has 0 aromatic rings. The van der Waals surface area contributed by atoms with E-state index in [-0.39, 0.29) is 13.2 Å². The summed E-state index contributed by atoms with van der Waals surface area (Å²) in [5.74, 6) is 0. The summed E-state index contributed by atoms with van der Waals surface area (Å²) in [6, 6.07) is 0. The first kappa shape index (κ1) is 14.5. The van der Waals surface area contributed by atoms with Crippen LogP contribution < -0.4 is 5.32 Å². The van der Waals surface area contributed by atoms with Crippen LogP contribution in [0.4, 0.5) is 0 Å². The molecule has 7 heteroatoms. The summed E-state index contributed by atoms with van der Waals surface area (Å²) in [5.41, 5.74) is 0. The van der Waals surface area contributed by atoms with Crippen LogP contribution in [0.25, 0.3) is 0 Å². The fraction of sp³-hybridized carbons (Fsp3) is 1.00. The summed E-state index contributed by atoms with van der Waals surface area (Å²) < 4.78 is 9.33. The minimum atomic E-state index is -3.64. The zero-order chi connectivity index (χ0) is 10.0. The highest BCUT2D eigenvalue weighted by Crippen LogP contribution is 2.26. The second-order valence-corrected chi connectivity index (χ2v) is 3.70. The van der Waals surface area contributed by atoms with Crippen LogP contribution in [-0.2, 0) is 4.57 Å². The van der Waals surface area contributed by atoms with E-state index in [0.29, 0.717) is 13.1 Å². The fourth-order valence-electron chi connectivity index (χ4n) is 0.283. The van der Waals surface area contributed by atoms with Crippen molar-refractivity contribution in [2.24, 2.45) is 0 Å². The molecule has 0 rings (SSSR count). The van der Waals surface area contributed by atoms with E-state index in [2.05, 4.69) is 5.32 Å². The molecule has 0 bridgehead atoms. The van der Waals surface area contributed by atoms with E-state index in [1.807, 2.05) is 0 Å². The molecule has 0 aromatic carbocycles. The summed E-state index contributed by atoms with van der Waals surface area (Å²) in [4.78, 5) is 15.3. The topological polar surface area (TPSA) is 110 Å². The van der Waals surface area contributed by atoms with E-state index in [1.165, 1.54) is 0 Å². The Balaban J connectivity index is 0. The molecule has 0 heterocycles. The van der Waals surface area contributed by atoms with Crippen molar-refractivity contribution in [1.82, 2.24) is 5.32 Å². The van der Waals surface area contributed by atoms with Gasteiger partial charge in [0.15, 0.2) is 0 Å². The van der Waals surface area contributed by atoms with Gasteiger partial charge in [0.1, 0.15) is 0 Å². The lowest BCUT2D eigenvalue weighted by Gasteiger charge is -1.94. The standard InChI is InChI=1S/C4H11NO2.CH5O3P/c6-3-1-5-2-4-7;1-5(2,3)4/h5-7H,1-4H2;1H3,(H2,2,3,4). The van der Waals surface area contributed by atoms with Gasteiger partial charge in [-0.1, -0.05) is 0 Å². The first-order chi connectivity index (χ1) is 5.41. The smallest absolute Gasteiger partial charge is 0.322 e. The molecule has 0 aliphatic carbocycles. The van der Waals surface area contributed by atoms with Crippen LogP contribution in [0.3, 0.4) is 0 Å². The van der Waals surface area contributed by atoms with Crippen LogP contribution in [0.5, 0.6) is 0 Å². The van der Waals surface area contributed by atoms with E-state index in [9.17, 15) is 4.57 Å². The predicted octanol–water partition coefficient (Wildman–Crippen LogP) is -1.65. The van der Waals surface area contributed by atoms with Gasteiger partial charge in [-0.15, -0.1) is 0 Å². The van der Waals surface area contributed by atoms with Crippen LogP contribution in [0.2, 0.25) is 0 Å². The molecule has 6 nitrogen and oxygen atoms in total. The Kier molecular flexibility index (Phi) is 11.1. The molecule has 0 saturated carbocycles. The van der Waals surface area contributed by atoms with Crippen molar-refractivity contribution in [1.29, 1.82) is 0 Å². The third kappa shape index (κ3) is 50.4. The molecule has 0 unspecified atom stereocenters.